The molecule has 0 saturated carbocycles. The minimum absolute atomic E-state index is 0.104. The van der Waals surface area contributed by atoms with Crippen molar-refractivity contribution in [1.82, 2.24) is 0 Å². The van der Waals surface area contributed by atoms with Gasteiger partial charge in [0.15, 0.2) is 12.2 Å². The van der Waals surface area contributed by atoms with E-state index in [-0.39, 0.29) is 25.7 Å². The first-order valence-electron chi connectivity index (χ1n) is 39.3. The van der Waals surface area contributed by atoms with Crippen LogP contribution in [0.3, 0.4) is 0 Å². The molecular weight excluding hydrogens is 1250 g/mol. The van der Waals surface area contributed by atoms with Crippen molar-refractivity contribution in [2.75, 3.05) is 39.6 Å². The molecule has 0 bridgehead atoms. The van der Waals surface area contributed by atoms with Crippen molar-refractivity contribution in [1.29, 1.82) is 0 Å². The quantitative estimate of drug-likeness (QED) is 0.0222. The largest absolute Gasteiger partial charge is 0.472 e. The first-order valence-corrected chi connectivity index (χ1v) is 42.3. The number of aliphatic hydroxyl groups excluding tert-OH is 1. The van der Waals surface area contributed by atoms with Crippen molar-refractivity contribution < 1.29 is 80.2 Å². The van der Waals surface area contributed by atoms with Gasteiger partial charge in [-0.05, 0) is 43.4 Å². The molecule has 0 fully saturated rings. The van der Waals surface area contributed by atoms with Gasteiger partial charge >= 0.3 is 39.5 Å². The maximum absolute atomic E-state index is 13.1. The van der Waals surface area contributed by atoms with Crippen molar-refractivity contribution in [2.45, 2.75) is 407 Å². The zero-order valence-electron chi connectivity index (χ0n) is 62.1. The lowest BCUT2D eigenvalue weighted by atomic mass is 10.0. The molecule has 564 valence electrons. The van der Waals surface area contributed by atoms with E-state index in [1.807, 2.05) is 0 Å². The molecule has 5 atom stereocenters. The minimum Gasteiger partial charge on any atom is -0.462 e. The van der Waals surface area contributed by atoms with Crippen LogP contribution in [-0.4, -0.2) is 96.7 Å². The zero-order chi connectivity index (χ0) is 70.1. The number of hydrogen-bond donors (Lipinski definition) is 3. The van der Waals surface area contributed by atoms with E-state index in [0.29, 0.717) is 25.7 Å². The van der Waals surface area contributed by atoms with E-state index in [1.165, 1.54) is 199 Å². The molecule has 0 aromatic heterocycles. The van der Waals surface area contributed by atoms with Gasteiger partial charge in [-0.25, -0.2) is 9.13 Å². The maximum Gasteiger partial charge on any atom is 0.472 e. The Hall–Kier alpha value is -1.94. The lowest BCUT2D eigenvalue weighted by molar-refractivity contribution is -0.161. The van der Waals surface area contributed by atoms with E-state index in [1.54, 1.807) is 0 Å². The fraction of sp³-hybridized carbons (Fsp3) is 0.947. The summed E-state index contributed by atoms with van der Waals surface area (Å²) >= 11 is 0. The maximum atomic E-state index is 13.1. The zero-order valence-corrected chi connectivity index (χ0v) is 63.9. The standard InChI is InChI=1S/C76H148O17P2/c1-8-9-10-11-12-13-14-15-21-24-27-36-43-50-57-73(78)86-63-71(92-75(80)59-52-45-38-28-25-22-19-17-16-18-20-23-26-33-40-47-54-67(2)3)65-90-94(82,83)88-61-70(77)62-89-95(84,85)91-66-72(93-76(81)60-53-46-39-32-30-35-42-49-56-69(6)7)64-87-74(79)58-51-44-37-31-29-34-41-48-55-68(4)5/h67-72,77H,8-66H2,1-7H3,(H,82,83)(H,84,85)/t70-,71-,72-/m1/s1. The second kappa shape index (κ2) is 66.6. The third-order valence-corrected chi connectivity index (χ3v) is 19.5. The summed E-state index contributed by atoms with van der Waals surface area (Å²) in [7, 11) is -9.91. The summed E-state index contributed by atoms with van der Waals surface area (Å²) in [6.45, 7) is 11.9. The fourth-order valence-corrected chi connectivity index (χ4v) is 13.2. The highest BCUT2D eigenvalue weighted by Crippen LogP contribution is 2.45. The van der Waals surface area contributed by atoms with Crippen LogP contribution in [0.5, 0.6) is 0 Å². The molecule has 19 heteroatoms. The SMILES string of the molecule is CCCCCCCCCCCCCCCCC(=O)OC[C@H](COP(=O)(O)OC[C@@H](O)COP(=O)(O)OC[C@@H](COC(=O)CCCCCCCCCCC(C)C)OC(=O)CCCCCCCCCCC(C)C)OC(=O)CCCCCCCCCCCCCCCCCCC(C)C. The molecule has 17 nitrogen and oxygen atoms in total. The molecule has 0 spiro atoms. The second-order valence-corrected chi connectivity index (χ2v) is 31.7. The van der Waals surface area contributed by atoms with Crippen LogP contribution in [0, 0.1) is 17.8 Å². The molecule has 0 radical (unpaired) electrons. The average Bonchev–Trinajstić information content (AvgIpc) is 1.42. The number of hydrogen-bond acceptors (Lipinski definition) is 15. The van der Waals surface area contributed by atoms with Gasteiger partial charge < -0.3 is 33.8 Å². The van der Waals surface area contributed by atoms with Crippen LogP contribution in [0.25, 0.3) is 0 Å². The Kier molecular flexibility index (Phi) is 65.2. The molecule has 0 amide bonds. The van der Waals surface area contributed by atoms with Crippen LogP contribution in [-0.2, 0) is 65.4 Å². The van der Waals surface area contributed by atoms with Crippen LogP contribution in [0.15, 0.2) is 0 Å². The molecule has 0 rings (SSSR count). The number of carbonyl (C=O) groups excluding carboxylic acids is 4. The van der Waals surface area contributed by atoms with Gasteiger partial charge in [0.05, 0.1) is 26.4 Å². The molecule has 0 aliphatic carbocycles. The third kappa shape index (κ3) is 70.3. The molecule has 0 saturated heterocycles. The Labute approximate surface area is 581 Å². The number of unbranched alkanes of at least 4 members (excludes halogenated alkanes) is 42. The van der Waals surface area contributed by atoms with Crippen molar-refractivity contribution in [3.05, 3.63) is 0 Å². The number of ether oxygens (including phenoxy) is 4. The smallest absolute Gasteiger partial charge is 0.462 e. The monoisotopic (exact) mass is 1400 g/mol. The van der Waals surface area contributed by atoms with Crippen LogP contribution < -0.4 is 0 Å². The summed E-state index contributed by atoms with van der Waals surface area (Å²) in [5.41, 5.74) is 0. The van der Waals surface area contributed by atoms with Crippen LogP contribution in [0.4, 0.5) is 0 Å². The van der Waals surface area contributed by atoms with Gasteiger partial charge in [-0.1, -0.05) is 337 Å². The van der Waals surface area contributed by atoms with Crippen molar-refractivity contribution in [3.8, 4) is 0 Å². The highest BCUT2D eigenvalue weighted by Gasteiger charge is 2.30. The summed E-state index contributed by atoms with van der Waals surface area (Å²) in [5.74, 6) is 0.135. The van der Waals surface area contributed by atoms with E-state index < -0.39 is 97.5 Å². The average molecular weight is 1400 g/mol. The molecule has 0 heterocycles. The predicted molar refractivity (Wildman–Crippen MR) is 386 cm³/mol. The summed E-state index contributed by atoms with van der Waals surface area (Å²) in [6, 6.07) is 0. The van der Waals surface area contributed by atoms with Gasteiger partial charge in [-0.2, -0.15) is 0 Å². The van der Waals surface area contributed by atoms with Crippen molar-refractivity contribution in [2.24, 2.45) is 17.8 Å². The van der Waals surface area contributed by atoms with Crippen LogP contribution in [0.2, 0.25) is 0 Å². The minimum atomic E-state index is -4.96. The number of phosphoric ester groups is 2. The van der Waals surface area contributed by atoms with E-state index >= 15 is 0 Å². The summed E-state index contributed by atoms with van der Waals surface area (Å²) in [6.07, 6.45) is 52.8. The molecule has 0 aromatic carbocycles. The fourth-order valence-electron chi connectivity index (χ4n) is 11.6. The Balaban J connectivity index is 5.23. The first kappa shape index (κ1) is 93.1. The highest BCUT2D eigenvalue weighted by atomic mass is 31.2. The third-order valence-electron chi connectivity index (χ3n) is 17.6. The molecular formula is C76H148O17P2. The van der Waals surface area contributed by atoms with Crippen LogP contribution in [0.1, 0.15) is 389 Å². The van der Waals surface area contributed by atoms with E-state index in [9.17, 15) is 43.2 Å². The second-order valence-electron chi connectivity index (χ2n) is 28.8. The van der Waals surface area contributed by atoms with Crippen molar-refractivity contribution in [3.63, 3.8) is 0 Å². The van der Waals surface area contributed by atoms with Crippen molar-refractivity contribution >= 4 is 39.5 Å². The van der Waals surface area contributed by atoms with E-state index in [2.05, 4.69) is 48.5 Å². The summed E-state index contributed by atoms with van der Waals surface area (Å²) in [4.78, 5) is 72.8. The summed E-state index contributed by atoms with van der Waals surface area (Å²) in [5, 5.41) is 10.6. The van der Waals surface area contributed by atoms with Gasteiger partial charge in [0.2, 0.25) is 0 Å². The first-order chi connectivity index (χ1) is 45.7. The number of aliphatic hydroxyl groups is 1. The van der Waals surface area contributed by atoms with E-state index in [0.717, 1.165) is 108 Å². The van der Waals surface area contributed by atoms with Gasteiger partial charge in [0, 0.05) is 25.7 Å². The lowest BCUT2D eigenvalue weighted by Gasteiger charge is -2.21. The Morgan fingerprint density at radius 3 is 0.716 bits per heavy atom. The number of rotatable bonds is 74. The Morgan fingerprint density at radius 1 is 0.284 bits per heavy atom. The normalized spacial score (nSPS) is 14.1. The topological polar surface area (TPSA) is 237 Å². The molecule has 0 aliphatic heterocycles. The highest BCUT2D eigenvalue weighted by molar-refractivity contribution is 7.47. The number of esters is 4. The summed E-state index contributed by atoms with van der Waals surface area (Å²) < 4.78 is 68.5. The van der Waals surface area contributed by atoms with Crippen LogP contribution >= 0.6 is 15.6 Å². The van der Waals surface area contributed by atoms with Gasteiger partial charge in [-0.15, -0.1) is 0 Å². The Morgan fingerprint density at radius 2 is 0.484 bits per heavy atom. The lowest BCUT2D eigenvalue weighted by Crippen LogP contribution is -2.30. The van der Waals surface area contributed by atoms with E-state index in [4.69, 9.17) is 37.0 Å². The number of phosphoric acid groups is 2. The number of carbonyl (C=O) groups is 4. The van der Waals surface area contributed by atoms with Gasteiger partial charge in [0.1, 0.15) is 19.3 Å². The Bertz CT molecular complexity index is 1850. The molecule has 2 unspecified atom stereocenters. The van der Waals surface area contributed by atoms with Gasteiger partial charge in [-0.3, -0.25) is 37.3 Å². The molecule has 95 heavy (non-hydrogen) atoms. The molecule has 3 N–H and O–H groups in total. The molecule has 0 aromatic rings. The predicted octanol–water partition coefficient (Wildman–Crippen LogP) is 22.2. The van der Waals surface area contributed by atoms with Gasteiger partial charge in [0.25, 0.3) is 0 Å². The molecule has 0 aliphatic rings.